The predicted molar refractivity (Wildman–Crippen MR) is 120 cm³/mol. The van der Waals surface area contributed by atoms with Crippen molar-refractivity contribution in [3.8, 4) is 0 Å². The highest BCUT2D eigenvalue weighted by atomic mass is 127. The molecule has 6 nitrogen and oxygen atoms in total. The Morgan fingerprint density at radius 2 is 2.07 bits per heavy atom. The van der Waals surface area contributed by atoms with Crippen LogP contribution in [0.2, 0.25) is 0 Å². The minimum atomic E-state index is -0.577. The maximum absolute atomic E-state index is 14.1. The zero-order chi connectivity index (χ0) is 19.9. The maximum Gasteiger partial charge on any atom is 0.192 e. The van der Waals surface area contributed by atoms with E-state index in [1.54, 1.807) is 6.33 Å². The molecule has 2 N–H and O–H groups in total. The van der Waals surface area contributed by atoms with E-state index in [0.717, 1.165) is 31.2 Å². The lowest BCUT2D eigenvalue weighted by Gasteiger charge is -2.22. The number of nitrogens with zero attached hydrogens (tertiary/aromatic N) is 4. The lowest BCUT2D eigenvalue weighted by atomic mass is 10.1. The molecule has 1 heterocycles. The van der Waals surface area contributed by atoms with Crippen molar-refractivity contribution in [2.45, 2.75) is 64.6 Å². The first-order valence-corrected chi connectivity index (χ1v) is 9.96. The van der Waals surface area contributed by atoms with Gasteiger partial charge in [0.1, 0.15) is 23.8 Å². The summed E-state index contributed by atoms with van der Waals surface area (Å²) in [5.74, 6) is 0.439. The van der Waals surface area contributed by atoms with Crippen LogP contribution in [0.25, 0.3) is 0 Å². The molecule has 29 heavy (non-hydrogen) atoms. The molecule has 0 radical (unpaired) electrons. The van der Waals surface area contributed by atoms with Crippen LogP contribution in [-0.2, 0) is 13.0 Å². The van der Waals surface area contributed by atoms with Crippen molar-refractivity contribution in [1.29, 1.82) is 0 Å². The second-order valence-electron chi connectivity index (χ2n) is 7.18. The summed E-state index contributed by atoms with van der Waals surface area (Å²) in [6, 6.07) is 3.69. The quantitative estimate of drug-likeness (QED) is 0.331. The van der Waals surface area contributed by atoms with Crippen LogP contribution < -0.4 is 10.6 Å². The molecule has 3 rings (SSSR count). The van der Waals surface area contributed by atoms with Crippen molar-refractivity contribution < 1.29 is 8.78 Å². The molecule has 1 unspecified atom stereocenters. The van der Waals surface area contributed by atoms with Crippen LogP contribution in [0.1, 0.15) is 57.0 Å². The lowest BCUT2D eigenvalue weighted by molar-refractivity contribution is 0.544. The van der Waals surface area contributed by atoms with E-state index in [-0.39, 0.29) is 30.0 Å². The summed E-state index contributed by atoms with van der Waals surface area (Å²) >= 11 is 0. The van der Waals surface area contributed by atoms with Crippen LogP contribution in [0.5, 0.6) is 0 Å². The van der Waals surface area contributed by atoms with Crippen LogP contribution in [0.4, 0.5) is 8.78 Å². The van der Waals surface area contributed by atoms with Crippen molar-refractivity contribution in [2.75, 3.05) is 6.54 Å². The van der Waals surface area contributed by atoms with Gasteiger partial charge in [-0.2, -0.15) is 0 Å². The van der Waals surface area contributed by atoms with Gasteiger partial charge in [-0.3, -0.25) is 4.99 Å². The molecule has 0 bridgehead atoms. The van der Waals surface area contributed by atoms with E-state index >= 15 is 0 Å². The molecule has 1 aliphatic rings. The summed E-state index contributed by atoms with van der Waals surface area (Å²) in [4.78, 5) is 4.67. The number of halogens is 3. The third-order valence-electron chi connectivity index (χ3n) is 5.10. The second-order valence-corrected chi connectivity index (χ2v) is 7.18. The Morgan fingerprint density at radius 3 is 2.76 bits per heavy atom. The number of aryl methyl sites for hydroxylation is 1. The number of guanidine groups is 1. The smallest absolute Gasteiger partial charge is 0.192 e. The minimum absolute atomic E-state index is 0. The fourth-order valence-corrected chi connectivity index (χ4v) is 3.54. The number of aliphatic imine (C=N–C) groups is 1. The molecule has 1 aliphatic carbocycles. The van der Waals surface area contributed by atoms with Gasteiger partial charge in [-0.25, -0.2) is 8.78 Å². The molecule has 2 aromatic rings. The van der Waals surface area contributed by atoms with Crippen molar-refractivity contribution in [1.82, 2.24) is 25.4 Å². The summed E-state index contributed by atoms with van der Waals surface area (Å²) in [6.07, 6.45) is 7.14. The number of aromatic nitrogens is 3. The molecule has 1 atom stereocenters. The van der Waals surface area contributed by atoms with Crippen LogP contribution in [0.15, 0.2) is 29.5 Å². The van der Waals surface area contributed by atoms with Gasteiger partial charge in [0.25, 0.3) is 0 Å². The van der Waals surface area contributed by atoms with Crippen molar-refractivity contribution in [3.05, 3.63) is 47.5 Å². The fourth-order valence-electron chi connectivity index (χ4n) is 3.54. The minimum Gasteiger partial charge on any atom is -0.354 e. The van der Waals surface area contributed by atoms with E-state index in [4.69, 9.17) is 0 Å². The average Bonchev–Trinajstić information content (AvgIpc) is 3.33. The molecule has 1 aromatic carbocycles. The molecule has 1 fully saturated rings. The van der Waals surface area contributed by atoms with E-state index in [1.165, 1.54) is 25.0 Å². The van der Waals surface area contributed by atoms with Gasteiger partial charge >= 0.3 is 0 Å². The lowest BCUT2D eigenvalue weighted by Crippen LogP contribution is -2.43. The van der Waals surface area contributed by atoms with Gasteiger partial charge in [-0.15, -0.1) is 34.2 Å². The normalized spacial score (nSPS) is 15.8. The van der Waals surface area contributed by atoms with Crippen LogP contribution in [-0.4, -0.2) is 33.3 Å². The van der Waals surface area contributed by atoms with Crippen molar-refractivity contribution >= 4 is 29.9 Å². The van der Waals surface area contributed by atoms with Gasteiger partial charge in [0.05, 0.1) is 12.6 Å². The van der Waals surface area contributed by atoms with Crippen LogP contribution in [0.3, 0.4) is 0 Å². The molecule has 0 saturated heterocycles. The number of hydrogen-bond donors (Lipinski definition) is 2. The monoisotopic (exact) mass is 518 g/mol. The van der Waals surface area contributed by atoms with Gasteiger partial charge < -0.3 is 15.2 Å². The van der Waals surface area contributed by atoms with Crippen LogP contribution in [0, 0.1) is 11.6 Å². The first-order chi connectivity index (χ1) is 13.6. The second kappa shape index (κ2) is 11.4. The fraction of sp³-hybridized carbons (Fsp3) is 0.550. The molecular formula is C20H29F2IN6. The summed E-state index contributed by atoms with van der Waals surface area (Å²) in [5, 5.41) is 14.7. The highest BCUT2D eigenvalue weighted by molar-refractivity contribution is 14.0. The molecule has 160 valence electrons. The largest absolute Gasteiger partial charge is 0.354 e. The molecule has 9 heteroatoms. The van der Waals surface area contributed by atoms with E-state index < -0.39 is 11.6 Å². The van der Waals surface area contributed by atoms with Gasteiger partial charge in [-0.05, 0) is 25.8 Å². The van der Waals surface area contributed by atoms with E-state index in [2.05, 4.69) is 25.8 Å². The Kier molecular flexibility index (Phi) is 9.25. The van der Waals surface area contributed by atoms with Crippen LogP contribution >= 0.6 is 24.0 Å². The van der Waals surface area contributed by atoms with Gasteiger partial charge in [-0.1, -0.05) is 25.8 Å². The van der Waals surface area contributed by atoms with Crippen molar-refractivity contribution in [3.63, 3.8) is 0 Å². The van der Waals surface area contributed by atoms with Gasteiger partial charge in [0, 0.05) is 30.6 Å². The van der Waals surface area contributed by atoms with Gasteiger partial charge in [0.2, 0.25) is 0 Å². The Balaban J connectivity index is 0.00000300. The Morgan fingerprint density at radius 1 is 1.31 bits per heavy atom. The zero-order valence-corrected chi connectivity index (χ0v) is 19.2. The topological polar surface area (TPSA) is 67.1 Å². The van der Waals surface area contributed by atoms with Gasteiger partial charge in [0.15, 0.2) is 5.96 Å². The molecule has 1 aromatic heterocycles. The van der Waals surface area contributed by atoms with E-state index in [0.29, 0.717) is 30.7 Å². The molecular weight excluding hydrogens is 489 g/mol. The SMILES string of the molecule is CCc1nncn1CCN=C(NC1CCCC1)NC(C)c1ccc(F)cc1F.I. The summed E-state index contributed by atoms with van der Waals surface area (Å²) < 4.78 is 29.3. The Hall–Kier alpha value is -1.78. The Bertz CT molecular complexity index is 804. The first kappa shape index (κ1) is 23.5. The third-order valence-corrected chi connectivity index (χ3v) is 5.10. The first-order valence-electron chi connectivity index (χ1n) is 9.96. The number of nitrogens with one attached hydrogen (secondary N) is 2. The summed E-state index contributed by atoms with van der Waals surface area (Å²) in [6.45, 7) is 5.10. The van der Waals surface area contributed by atoms with E-state index in [1.807, 2.05) is 18.4 Å². The summed E-state index contributed by atoms with van der Waals surface area (Å²) in [5.41, 5.74) is 0.411. The van der Waals surface area contributed by atoms with Crippen molar-refractivity contribution in [2.24, 2.45) is 4.99 Å². The maximum atomic E-state index is 14.1. The molecule has 0 spiro atoms. The highest BCUT2D eigenvalue weighted by Crippen LogP contribution is 2.19. The molecule has 1 saturated carbocycles. The average molecular weight is 518 g/mol. The summed E-state index contributed by atoms with van der Waals surface area (Å²) in [7, 11) is 0. The Labute approximate surface area is 187 Å². The molecule has 0 aliphatic heterocycles. The number of hydrogen-bond acceptors (Lipinski definition) is 3. The third kappa shape index (κ3) is 6.61. The number of benzene rings is 1. The van der Waals surface area contributed by atoms with E-state index in [9.17, 15) is 8.78 Å². The highest BCUT2D eigenvalue weighted by Gasteiger charge is 2.19. The zero-order valence-electron chi connectivity index (χ0n) is 16.9. The predicted octanol–water partition coefficient (Wildman–Crippen LogP) is 3.98. The standard InChI is InChI=1S/C20H28F2N6.HI/c1-3-19-27-24-13-28(19)11-10-23-20(26-16-6-4-5-7-16)25-14(2)17-9-8-15(21)12-18(17)22;/h8-9,12-14,16H,3-7,10-11H2,1-2H3,(H2,23,25,26);1H. The number of rotatable bonds is 7. The molecule has 0 amide bonds.